The second-order valence-electron chi connectivity index (χ2n) is 8.01. The molecule has 1 aliphatic rings. The van der Waals surface area contributed by atoms with E-state index in [1.54, 1.807) is 55.5 Å². The van der Waals surface area contributed by atoms with E-state index in [0.717, 1.165) is 16.2 Å². The minimum Gasteiger partial charge on any atom is -0.457 e. The SMILES string of the molecule is Cc1nnc(N2C(=O)c3ccc(C(=O)OCC(=O)Nc4ccc(Oc5ccc(Cl)cc5)cc4)cc3C2=O)s1. The number of fused-ring (bicyclic) bond motifs is 1. The van der Waals surface area contributed by atoms with E-state index in [2.05, 4.69) is 15.5 Å². The number of esters is 1. The number of carbonyl (C=O) groups is 4. The Morgan fingerprint density at radius 1 is 0.921 bits per heavy atom. The number of halogens is 1. The van der Waals surface area contributed by atoms with Gasteiger partial charge < -0.3 is 14.8 Å². The van der Waals surface area contributed by atoms with Crippen molar-refractivity contribution in [2.75, 3.05) is 16.8 Å². The van der Waals surface area contributed by atoms with Crippen molar-refractivity contribution in [3.63, 3.8) is 0 Å². The Hall–Kier alpha value is -4.61. The molecule has 190 valence electrons. The minimum atomic E-state index is -0.819. The maximum atomic E-state index is 12.8. The van der Waals surface area contributed by atoms with Crippen molar-refractivity contribution in [1.29, 1.82) is 0 Å². The zero-order valence-electron chi connectivity index (χ0n) is 19.6. The second-order valence-corrected chi connectivity index (χ2v) is 9.61. The summed E-state index contributed by atoms with van der Waals surface area (Å²) in [5.74, 6) is -1.38. The van der Waals surface area contributed by atoms with E-state index < -0.39 is 30.3 Å². The van der Waals surface area contributed by atoms with Gasteiger partial charge in [0.15, 0.2) is 6.61 Å². The third-order valence-electron chi connectivity index (χ3n) is 5.35. The molecule has 1 aromatic heterocycles. The number of nitrogens with one attached hydrogen (secondary N) is 1. The van der Waals surface area contributed by atoms with Gasteiger partial charge >= 0.3 is 5.97 Å². The number of anilines is 2. The van der Waals surface area contributed by atoms with Crippen LogP contribution in [0.1, 0.15) is 36.1 Å². The van der Waals surface area contributed by atoms with Crippen LogP contribution in [0.25, 0.3) is 0 Å². The van der Waals surface area contributed by atoms with Gasteiger partial charge in [-0.2, -0.15) is 0 Å². The number of aryl methyl sites for hydroxylation is 1. The first kappa shape index (κ1) is 25.1. The Balaban J connectivity index is 1.17. The van der Waals surface area contributed by atoms with Gasteiger partial charge in [-0.25, -0.2) is 9.69 Å². The van der Waals surface area contributed by atoms with Gasteiger partial charge in [-0.15, -0.1) is 10.2 Å². The molecule has 2 heterocycles. The van der Waals surface area contributed by atoms with Crippen LogP contribution in [0.4, 0.5) is 10.8 Å². The predicted octanol–water partition coefficient (Wildman–Crippen LogP) is 4.89. The average Bonchev–Trinajstić information content (AvgIpc) is 3.44. The van der Waals surface area contributed by atoms with Crippen LogP contribution >= 0.6 is 22.9 Å². The second kappa shape index (κ2) is 10.4. The quantitative estimate of drug-likeness (QED) is 0.255. The van der Waals surface area contributed by atoms with E-state index in [-0.39, 0.29) is 21.8 Å². The topological polar surface area (TPSA) is 128 Å². The highest BCUT2D eigenvalue weighted by Gasteiger charge is 2.39. The number of hydrogen-bond donors (Lipinski definition) is 1. The first-order chi connectivity index (χ1) is 18.3. The lowest BCUT2D eigenvalue weighted by Crippen LogP contribution is -2.29. The van der Waals surface area contributed by atoms with Crippen molar-refractivity contribution in [2.24, 2.45) is 0 Å². The average molecular weight is 549 g/mol. The maximum absolute atomic E-state index is 12.8. The minimum absolute atomic E-state index is 0.0247. The largest absolute Gasteiger partial charge is 0.457 e. The number of nitrogens with zero attached hydrogens (tertiary/aromatic N) is 3. The standard InChI is InChI=1S/C26H17ClN4O6S/c1-14-29-30-26(38-14)31-23(33)20-11-2-15(12-21(20)24(31)34)25(35)36-13-22(32)28-17-5-9-19(10-6-17)37-18-7-3-16(27)4-8-18/h2-12H,13H2,1H3,(H,28,32). The molecule has 0 saturated heterocycles. The smallest absolute Gasteiger partial charge is 0.338 e. The lowest BCUT2D eigenvalue weighted by molar-refractivity contribution is -0.119. The molecule has 0 spiro atoms. The summed E-state index contributed by atoms with van der Waals surface area (Å²) in [7, 11) is 0. The Bertz CT molecular complexity index is 1570. The summed E-state index contributed by atoms with van der Waals surface area (Å²) < 4.78 is 10.8. The van der Waals surface area contributed by atoms with Crippen molar-refractivity contribution in [2.45, 2.75) is 6.92 Å². The number of aromatic nitrogens is 2. The molecule has 0 unspecified atom stereocenters. The first-order valence-corrected chi connectivity index (χ1v) is 12.3. The molecule has 1 aliphatic heterocycles. The third-order valence-corrected chi connectivity index (χ3v) is 6.43. The van der Waals surface area contributed by atoms with Crippen molar-refractivity contribution in [1.82, 2.24) is 10.2 Å². The summed E-state index contributed by atoms with van der Waals surface area (Å²) >= 11 is 6.97. The van der Waals surface area contributed by atoms with Crippen LogP contribution in [0, 0.1) is 6.92 Å². The summed E-state index contributed by atoms with van der Waals surface area (Å²) in [6.07, 6.45) is 0. The van der Waals surface area contributed by atoms with Crippen LogP contribution in [0.2, 0.25) is 5.02 Å². The van der Waals surface area contributed by atoms with Gasteiger partial charge in [0.25, 0.3) is 17.7 Å². The molecule has 3 aromatic carbocycles. The number of rotatable bonds is 7. The molecule has 0 atom stereocenters. The van der Waals surface area contributed by atoms with Crippen LogP contribution in [-0.4, -0.2) is 40.5 Å². The van der Waals surface area contributed by atoms with Crippen LogP contribution < -0.4 is 15.0 Å². The first-order valence-electron chi connectivity index (χ1n) is 11.1. The van der Waals surface area contributed by atoms with Crippen LogP contribution in [0.15, 0.2) is 66.7 Å². The molecule has 3 amide bonds. The molecule has 0 radical (unpaired) electrons. The van der Waals surface area contributed by atoms with Crippen molar-refractivity contribution >= 4 is 57.4 Å². The lowest BCUT2D eigenvalue weighted by atomic mass is 10.1. The molecular formula is C26H17ClN4O6S. The summed E-state index contributed by atoms with van der Waals surface area (Å²) in [6.45, 7) is 1.15. The summed E-state index contributed by atoms with van der Waals surface area (Å²) in [5.41, 5.74) is 0.683. The Morgan fingerprint density at radius 2 is 1.58 bits per heavy atom. The van der Waals surface area contributed by atoms with Crippen LogP contribution in [0.5, 0.6) is 11.5 Å². The molecule has 0 bridgehead atoms. The molecule has 38 heavy (non-hydrogen) atoms. The van der Waals surface area contributed by atoms with Crippen molar-refractivity contribution < 1.29 is 28.7 Å². The predicted molar refractivity (Wildman–Crippen MR) is 139 cm³/mol. The van der Waals surface area contributed by atoms with Crippen molar-refractivity contribution in [3.05, 3.63) is 93.5 Å². The van der Waals surface area contributed by atoms with E-state index >= 15 is 0 Å². The third kappa shape index (κ3) is 5.24. The van der Waals surface area contributed by atoms with Gasteiger partial charge in [-0.3, -0.25) is 14.4 Å². The Labute approximate surface area is 224 Å². The molecule has 4 aromatic rings. The van der Waals surface area contributed by atoms with Gasteiger partial charge in [0.05, 0.1) is 16.7 Å². The number of benzene rings is 3. The maximum Gasteiger partial charge on any atom is 0.338 e. The summed E-state index contributed by atoms with van der Waals surface area (Å²) in [5, 5.41) is 11.7. The van der Waals surface area contributed by atoms with Gasteiger partial charge in [0.1, 0.15) is 16.5 Å². The van der Waals surface area contributed by atoms with E-state index in [9.17, 15) is 19.2 Å². The molecule has 0 aliphatic carbocycles. The molecule has 5 rings (SSSR count). The number of ether oxygens (including phenoxy) is 2. The van der Waals surface area contributed by atoms with E-state index in [1.165, 1.54) is 18.2 Å². The van der Waals surface area contributed by atoms with Crippen LogP contribution in [0.3, 0.4) is 0 Å². The highest BCUT2D eigenvalue weighted by Crippen LogP contribution is 2.31. The number of carbonyl (C=O) groups excluding carboxylic acids is 4. The molecule has 1 N–H and O–H groups in total. The summed E-state index contributed by atoms with van der Waals surface area (Å²) in [4.78, 5) is 51.2. The lowest BCUT2D eigenvalue weighted by Gasteiger charge is -2.09. The van der Waals surface area contributed by atoms with Gasteiger partial charge in [-0.1, -0.05) is 22.9 Å². The number of amides is 3. The molecule has 0 fully saturated rings. The fraction of sp³-hybridized carbons (Fsp3) is 0.0769. The Kier molecular flexibility index (Phi) is 6.86. The van der Waals surface area contributed by atoms with E-state index in [4.69, 9.17) is 21.1 Å². The van der Waals surface area contributed by atoms with E-state index in [1.807, 2.05) is 0 Å². The monoisotopic (exact) mass is 548 g/mol. The fourth-order valence-corrected chi connectivity index (χ4v) is 4.39. The fourth-order valence-electron chi connectivity index (χ4n) is 3.57. The zero-order valence-corrected chi connectivity index (χ0v) is 21.2. The van der Waals surface area contributed by atoms with Crippen molar-refractivity contribution in [3.8, 4) is 11.5 Å². The van der Waals surface area contributed by atoms with Gasteiger partial charge in [0.2, 0.25) is 5.13 Å². The molecule has 0 saturated carbocycles. The zero-order chi connectivity index (χ0) is 26.8. The summed E-state index contributed by atoms with van der Waals surface area (Å²) in [6, 6.07) is 17.5. The van der Waals surface area contributed by atoms with Gasteiger partial charge in [0, 0.05) is 10.7 Å². The molecule has 12 heteroatoms. The van der Waals surface area contributed by atoms with E-state index in [0.29, 0.717) is 27.2 Å². The van der Waals surface area contributed by atoms with Crippen LogP contribution in [-0.2, 0) is 9.53 Å². The number of hydrogen-bond acceptors (Lipinski definition) is 9. The highest BCUT2D eigenvalue weighted by atomic mass is 35.5. The molecule has 10 nitrogen and oxygen atoms in total. The number of imide groups is 1. The highest BCUT2D eigenvalue weighted by molar-refractivity contribution is 7.15. The normalized spacial score (nSPS) is 12.3. The van der Waals surface area contributed by atoms with Gasteiger partial charge in [-0.05, 0) is 73.7 Å². The molecular weight excluding hydrogens is 532 g/mol. The Morgan fingerprint density at radius 3 is 2.24 bits per heavy atom.